The third-order valence-corrected chi connectivity index (χ3v) is 4.58. The fraction of sp³-hybridized carbons (Fsp3) is 0.750. The van der Waals surface area contributed by atoms with E-state index in [1.165, 1.54) is 6.08 Å². The summed E-state index contributed by atoms with van der Waals surface area (Å²) in [5.74, 6) is 0. The Labute approximate surface area is 148 Å². The van der Waals surface area contributed by atoms with E-state index in [0.717, 1.165) is 0 Å². The minimum atomic E-state index is -4.89. The Kier molecular flexibility index (Phi) is 8.73. The van der Waals surface area contributed by atoms with Gasteiger partial charge in [0, 0.05) is 6.42 Å². The van der Waals surface area contributed by atoms with Gasteiger partial charge in [-0.3, -0.25) is 4.55 Å². The van der Waals surface area contributed by atoms with Gasteiger partial charge in [0.1, 0.15) is 34.9 Å². The third-order valence-electron chi connectivity index (χ3n) is 3.18. The molecule has 6 N–H and O–H groups in total. The first-order valence-corrected chi connectivity index (χ1v) is 9.32. The Morgan fingerprint density at radius 2 is 1.96 bits per heavy atom. The Bertz CT molecular complexity index is 566. The number of ether oxygens (including phenoxy) is 1. The van der Waals surface area contributed by atoms with Gasteiger partial charge in [-0.1, -0.05) is 23.0 Å². The van der Waals surface area contributed by atoms with Gasteiger partial charge in [-0.25, -0.2) is 4.28 Å². The average molecular weight is 403 g/mol. The highest BCUT2D eigenvalue weighted by molar-refractivity contribution is 8.14. The molecule has 11 nitrogen and oxygen atoms in total. The standard InChI is InChI=1S/C12H21NO10S2/c1-2-3-6(15)4-8(13-23-25(19,20)21)24-12-11(18)10(17)9(16)7(5-14)22-12/h2,6-7,9-12,14-18H,1,3-5H2,(H,19,20,21). The van der Waals surface area contributed by atoms with Crippen LogP contribution in [-0.4, -0.2) is 86.1 Å². The van der Waals surface area contributed by atoms with E-state index in [-0.39, 0.29) is 17.9 Å². The summed E-state index contributed by atoms with van der Waals surface area (Å²) in [4.78, 5) is 0. The molecule has 0 spiro atoms. The lowest BCUT2D eigenvalue weighted by Gasteiger charge is -2.39. The van der Waals surface area contributed by atoms with Gasteiger partial charge in [-0.15, -0.1) is 6.58 Å². The van der Waals surface area contributed by atoms with Crippen LogP contribution in [0.15, 0.2) is 17.8 Å². The maximum absolute atomic E-state index is 10.6. The summed E-state index contributed by atoms with van der Waals surface area (Å²) in [7, 11) is -4.89. The molecule has 0 bridgehead atoms. The van der Waals surface area contributed by atoms with Gasteiger partial charge >= 0.3 is 10.4 Å². The fourth-order valence-corrected chi connectivity index (χ4v) is 3.34. The second-order valence-electron chi connectivity index (χ2n) is 5.18. The van der Waals surface area contributed by atoms with E-state index in [9.17, 15) is 28.8 Å². The van der Waals surface area contributed by atoms with Crippen molar-refractivity contribution in [3.63, 3.8) is 0 Å². The molecule has 6 atom stereocenters. The quantitative estimate of drug-likeness (QED) is 0.0863. The minimum Gasteiger partial charge on any atom is -0.394 e. The van der Waals surface area contributed by atoms with Crippen LogP contribution in [0.2, 0.25) is 0 Å². The summed E-state index contributed by atoms with van der Waals surface area (Å²) >= 11 is 0.594. The summed E-state index contributed by atoms with van der Waals surface area (Å²) in [5.41, 5.74) is -1.25. The molecule has 0 aromatic carbocycles. The Balaban J connectivity index is 2.92. The van der Waals surface area contributed by atoms with E-state index in [0.29, 0.717) is 11.8 Å². The highest BCUT2D eigenvalue weighted by Gasteiger charge is 2.44. The molecule has 25 heavy (non-hydrogen) atoms. The van der Waals surface area contributed by atoms with Crippen LogP contribution >= 0.6 is 11.8 Å². The van der Waals surface area contributed by atoms with Gasteiger partial charge in [0.15, 0.2) is 0 Å². The van der Waals surface area contributed by atoms with Crippen molar-refractivity contribution in [3.05, 3.63) is 12.7 Å². The number of rotatable bonds is 8. The molecular weight excluding hydrogens is 382 g/mol. The van der Waals surface area contributed by atoms with Crippen molar-refractivity contribution >= 4 is 27.2 Å². The topological polar surface area (TPSA) is 186 Å². The number of aliphatic hydroxyl groups excluding tert-OH is 5. The number of hydrogen-bond acceptors (Lipinski definition) is 11. The molecule has 1 aliphatic rings. The van der Waals surface area contributed by atoms with E-state index in [1.54, 1.807) is 0 Å². The lowest BCUT2D eigenvalue weighted by atomic mass is 10.0. The molecule has 13 heteroatoms. The van der Waals surface area contributed by atoms with Crippen LogP contribution in [0.5, 0.6) is 0 Å². The lowest BCUT2D eigenvalue weighted by molar-refractivity contribution is -0.205. The average Bonchev–Trinajstić information content (AvgIpc) is 2.52. The molecule has 0 saturated carbocycles. The predicted molar refractivity (Wildman–Crippen MR) is 86.9 cm³/mol. The number of hydrogen-bond donors (Lipinski definition) is 6. The SMILES string of the molecule is C=CCC(O)CC(=NOS(=O)(=O)O)SC1OC(CO)C(O)C(O)C1O. The third kappa shape index (κ3) is 7.16. The highest BCUT2D eigenvalue weighted by atomic mass is 32.3. The molecule has 0 aromatic heterocycles. The molecule has 1 saturated heterocycles. The zero-order valence-corrected chi connectivity index (χ0v) is 14.6. The monoisotopic (exact) mass is 403 g/mol. The van der Waals surface area contributed by atoms with E-state index in [1.807, 2.05) is 0 Å². The number of nitrogens with zero attached hydrogens (tertiary/aromatic N) is 1. The van der Waals surface area contributed by atoms with E-state index < -0.39 is 53.0 Å². The molecule has 0 aromatic rings. The number of aliphatic hydroxyl groups is 5. The summed E-state index contributed by atoms with van der Waals surface area (Å²) < 4.78 is 39.0. The largest absolute Gasteiger partial charge is 0.466 e. The summed E-state index contributed by atoms with van der Waals surface area (Å²) in [6.07, 6.45) is -5.67. The van der Waals surface area contributed by atoms with Crippen LogP contribution in [0.25, 0.3) is 0 Å². The zero-order chi connectivity index (χ0) is 19.2. The van der Waals surface area contributed by atoms with Crippen LogP contribution in [0.4, 0.5) is 0 Å². The van der Waals surface area contributed by atoms with Gasteiger partial charge in [0.2, 0.25) is 0 Å². The maximum Gasteiger partial charge on any atom is 0.466 e. The maximum atomic E-state index is 10.6. The second-order valence-corrected chi connectivity index (χ2v) is 7.36. The molecule has 0 amide bonds. The van der Waals surface area contributed by atoms with Crippen molar-refractivity contribution < 1.29 is 47.5 Å². The van der Waals surface area contributed by atoms with E-state index in [4.69, 9.17) is 14.4 Å². The van der Waals surface area contributed by atoms with Crippen molar-refractivity contribution in [2.75, 3.05) is 6.61 Å². The van der Waals surface area contributed by atoms with E-state index in [2.05, 4.69) is 16.0 Å². The summed E-state index contributed by atoms with van der Waals surface area (Å²) in [5, 5.41) is 51.3. The van der Waals surface area contributed by atoms with Crippen LogP contribution in [0, 0.1) is 0 Å². The molecule has 6 unspecified atom stereocenters. The van der Waals surface area contributed by atoms with Crippen molar-refractivity contribution in [3.8, 4) is 0 Å². The normalized spacial score (nSPS) is 32.2. The van der Waals surface area contributed by atoms with Gasteiger partial charge in [-0.2, -0.15) is 8.42 Å². The van der Waals surface area contributed by atoms with Crippen molar-refractivity contribution in [1.82, 2.24) is 0 Å². The first kappa shape index (κ1) is 22.3. The fourth-order valence-electron chi connectivity index (χ4n) is 1.97. The van der Waals surface area contributed by atoms with Gasteiger partial charge in [-0.05, 0) is 6.42 Å². The molecule has 146 valence electrons. The van der Waals surface area contributed by atoms with Crippen LogP contribution in [-0.2, 0) is 19.4 Å². The van der Waals surface area contributed by atoms with Gasteiger partial charge in [0.25, 0.3) is 0 Å². The zero-order valence-electron chi connectivity index (χ0n) is 12.9. The predicted octanol–water partition coefficient (Wildman–Crippen LogP) is -2.02. The molecular formula is C12H21NO10S2. The van der Waals surface area contributed by atoms with Gasteiger partial charge in [0.05, 0.1) is 12.7 Å². The smallest absolute Gasteiger partial charge is 0.394 e. The number of thioether (sulfide) groups is 1. The van der Waals surface area contributed by atoms with Crippen LogP contribution < -0.4 is 0 Å². The van der Waals surface area contributed by atoms with Crippen LogP contribution in [0.1, 0.15) is 12.8 Å². The number of oxime groups is 1. The van der Waals surface area contributed by atoms with Crippen molar-refractivity contribution in [1.29, 1.82) is 0 Å². The Hall–Kier alpha value is -0.770. The molecule has 1 rings (SSSR count). The minimum absolute atomic E-state index is 0.139. The Morgan fingerprint density at radius 1 is 1.32 bits per heavy atom. The Morgan fingerprint density at radius 3 is 2.48 bits per heavy atom. The molecule has 0 radical (unpaired) electrons. The highest BCUT2D eigenvalue weighted by Crippen LogP contribution is 2.30. The van der Waals surface area contributed by atoms with Crippen LogP contribution in [0.3, 0.4) is 0 Å². The van der Waals surface area contributed by atoms with Crippen molar-refractivity contribution in [2.45, 2.75) is 48.8 Å². The molecule has 1 heterocycles. The molecule has 0 aliphatic carbocycles. The summed E-state index contributed by atoms with van der Waals surface area (Å²) in [6, 6.07) is 0. The van der Waals surface area contributed by atoms with Crippen molar-refractivity contribution in [2.24, 2.45) is 5.16 Å². The summed E-state index contributed by atoms with van der Waals surface area (Å²) in [6.45, 7) is 2.79. The first-order valence-electron chi connectivity index (χ1n) is 7.08. The van der Waals surface area contributed by atoms with Gasteiger partial charge < -0.3 is 30.3 Å². The van der Waals surface area contributed by atoms with E-state index >= 15 is 0 Å². The second kappa shape index (κ2) is 9.80. The lowest BCUT2D eigenvalue weighted by Crippen LogP contribution is -2.57. The molecule has 1 fully saturated rings. The molecule has 1 aliphatic heterocycles. The first-order chi connectivity index (χ1) is 11.6.